The Labute approximate surface area is 51.6 Å². The van der Waals surface area contributed by atoms with Crippen LogP contribution in [0.2, 0.25) is 0 Å². The first-order valence-electron chi connectivity index (χ1n) is 0.807. The molecule has 0 rings (SSSR count). The van der Waals surface area contributed by atoms with Crippen molar-refractivity contribution < 1.29 is 22.4 Å². The first kappa shape index (κ1) is 9.10. The van der Waals surface area contributed by atoms with Crippen molar-refractivity contribution in [3.05, 3.63) is 11.4 Å². The summed E-state index contributed by atoms with van der Waals surface area (Å²) in [6.45, 7) is 5.94. The number of hydrogen-bond acceptors (Lipinski definition) is 0. The Morgan fingerprint density at radius 3 is 2.00 bits per heavy atom. The molecule has 0 aromatic carbocycles. The molecule has 0 spiro atoms. The van der Waals surface area contributed by atoms with E-state index in [-0.39, 0.29) is 28.4 Å². The van der Waals surface area contributed by atoms with Crippen molar-refractivity contribution in [2.75, 3.05) is 6.00 Å². The van der Waals surface area contributed by atoms with Crippen molar-refractivity contribution in [3.8, 4) is 0 Å². The maximum atomic E-state index is 5.94. The number of hydrogen-bond donors (Lipinski definition) is 0. The number of alkyl halides is 1. The van der Waals surface area contributed by atoms with Gasteiger partial charge >= 0.3 is 0 Å². The molecule has 0 aromatic rings. The topological polar surface area (TPSA) is 4.36 Å². The summed E-state index contributed by atoms with van der Waals surface area (Å²) >= 11 is 4.83. The second-order valence-electron chi connectivity index (χ2n) is 0.278. The molecule has 0 unspecified atom stereocenters. The summed E-state index contributed by atoms with van der Waals surface area (Å²) in [5.74, 6) is 0. The number of nitrogens with zero attached hydrogens (tertiary/aromatic N) is 1. The smallest absolute Gasteiger partial charge is 0.288 e. The van der Waals surface area contributed by atoms with Gasteiger partial charge < -0.3 is 0 Å². The van der Waals surface area contributed by atoms with Gasteiger partial charge in [0.2, 0.25) is 0 Å². The zero-order valence-corrected chi connectivity index (χ0v) is 5.26. The zero-order valence-electron chi connectivity index (χ0n) is 2.33. The largest absolute Gasteiger partial charge is 0.299 e. The Kier molecular flexibility index (Phi) is 16.1. The van der Waals surface area contributed by atoms with Gasteiger partial charge in [-0.15, -0.1) is 0 Å². The summed E-state index contributed by atoms with van der Waals surface area (Å²) in [7, 11) is 0. The Hall–Kier alpha value is 0.520. The first-order chi connectivity index (χ1) is 1.91. The summed E-state index contributed by atoms with van der Waals surface area (Å²) in [6, 6.07) is 0.0833. The maximum Gasteiger partial charge on any atom is 0.288 e. The monoisotopic (exact) mass is 272 g/mol. The second-order valence-corrected chi connectivity index (χ2v) is 0.517. The Bertz CT molecular complexity index is 39.4. The molecule has 1 nitrogen and oxygen atoms in total. The van der Waals surface area contributed by atoms with Gasteiger partial charge in [-0.2, -0.15) is 0 Å². The van der Waals surface area contributed by atoms with Gasteiger partial charge in [-0.25, -0.2) is 6.57 Å². The van der Waals surface area contributed by atoms with E-state index in [0.717, 1.165) is 0 Å². The van der Waals surface area contributed by atoms with E-state index >= 15 is 0 Å². The molecule has 0 N–H and O–H groups in total. The molecular weight excluding hydrogens is 270 g/mol. The van der Waals surface area contributed by atoms with E-state index in [1.807, 2.05) is 0 Å². The molecule has 0 aromatic heterocycles. The molecule has 5 heavy (non-hydrogen) atoms. The summed E-state index contributed by atoms with van der Waals surface area (Å²) in [5.41, 5.74) is 0. The Morgan fingerprint density at radius 2 is 2.00 bits per heavy atom. The first-order valence-corrected chi connectivity index (χ1v) is 1.34. The number of rotatable bonds is 0. The van der Waals surface area contributed by atoms with Gasteiger partial charge in [0.1, 0.15) is 0 Å². The minimum absolute atomic E-state index is 0. The second kappa shape index (κ2) is 8.82. The molecule has 0 saturated carbocycles. The van der Waals surface area contributed by atoms with E-state index in [1.54, 1.807) is 0 Å². The predicted octanol–water partition coefficient (Wildman–Crippen LogP) is 1.10. The summed E-state index contributed by atoms with van der Waals surface area (Å²) in [5, 5.41) is 0. The third kappa shape index (κ3) is 12.4. The molecule has 0 amide bonds. The minimum atomic E-state index is 0. The van der Waals surface area contributed by atoms with Crippen molar-refractivity contribution in [2.24, 2.45) is 0 Å². The predicted molar refractivity (Wildman–Crippen MR) is 17.3 cm³/mol. The third-order valence-electron chi connectivity index (χ3n) is 0.0598. The van der Waals surface area contributed by atoms with Crippen LogP contribution in [0.4, 0.5) is 0 Å². The van der Waals surface area contributed by atoms with Gasteiger partial charge in [-0.05, 0) is 11.6 Å². The van der Waals surface area contributed by atoms with Crippen LogP contribution < -0.4 is 0 Å². The minimum Gasteiger partial charge on any atom is -0.299 e. The molecule has 0 fully saturated rings. The molecule has 0 saturated heterocycles. The third-order valence-corrected chi connectivity index (χ3v) is 0.179. The summed E-state index contributed by atoms with van der Waals surface area (Å²) < 4.78 is 0. The Morgan fingerprint density at radius 1 is 1.80 bits per heavy atom. The maximum absolute atomic E-state index is 5.94. The molecule has 0 bridgehead atoms. The van der Waals surface area contributed by atoms with E-state index < -0.39 is 0 Å². The molecule has 3 heteroatoms. The molecule has 0 heterocycles. The van der Waals surface area contributed by atoms with Crippen LogP contribution >= 0.6 is 11.6 Å². The van der Waals surface area contributed by atoms with Gasteiger partial charge in [-0.3, -0.25) is 4.85 Å². The average molecular weight is 272 g/mol. The van der Waals surface area contributed by atoms with Crippen molar-refractivity contribution in [2.45, 2.75) is 0 Å². The van der Waals surface area contributed by atoms with Crippen LogP contribution in [0.15, 0.2) is 0 Å². The van der Waals surface area contributed by atoms with Crippen molar-refractivity contribution >= 4 is 11.6 Å². The number of halogens is 1. The van der Waals surface area contributed by atoms with Crippen molar-refractivity contribution in [3.63, 3.8) is 0 Å². The van der Waals surface area contributed by atoms with Gasteiger partial charge in [0.05, 0.1) is 0 Å². The normalized spacial score (nSPS) is 4.00. The van der Waals surface area contributed by atoms with Gasteiger partial charge in [0.15, 0.2) is 0 Å². The van der Waals surface area contributed by atoms with Crippen LogP contribution in [0.1, 0.15) is 0 Å². The summed E-state index contributed by atoms with van der Waals surface area (Å²) in [4.78, 5) is 2.75. The SMILES string of the molecule is [Au].[C-]#[N+]CCl. The van der Waals surface area contributed by atoms with Gasteiger partial charge in [0, 0.05) is 22.4 Å². The molecule has 0 aliphatic carbocycles. The van der Waals surface area contributed by atoms with Crippen LogP contribution in [-0.4, -0.2) is 6.00 Å². The fourth-order valence-corrected chi connectivity index (χ4v) is 0. The van der Waals surface area contributed by atoms with Crippen LogP contribution in [0.5, 0.6) is 0 Å². The van der Waals surface area contributed by atoms with E-state index in [9.17, 15) is 0 Å². The van der Waals surface area contributed by atoms with Gasteiger partial charge in [0.25, 0.3) is 6.00 Å². The summed E-state index contributed by atoms with van der Waals surface area (Å²) in [6.07, 6.45) is 0. The van der Waals surface area contributed by atoms with Crippen molar-refractivity contribution in [1.82, 2.24) is 0 Å². The van der Waals surface area contributed by atoms with Crippen LogP contribution in [-0.2, 0) is 22.4 Å². The van der Waals surface area contributed by atoms with E-state index in [1.165, 1.54) is 0 Å². The molecule has 33 valence electrons. The standard InChI is InChI=1S/C2H2ClN.Au/c1-4-2-3;/h2H2;. The molecule has 0 atom stereocenters. The van der Waals surface area contributed by atoms with Crippen LogP contribution in [0, 0.1) is 6.57 Å². The van der Waals surface area contributed by atoms with Crippen LogP contribution in [0.25, 0.3) is 4.85 Å². The Balaban J connectivity index is 0. The molecular formula is C2H2AuClN. The quantitative estimate of drug-likeness (QED) is 0.269. The van der Waals surface area contributed by atoms with Crippen LogP contribution in [0.3, 0.4) is 0 Å². The fourth-order valence-electron chi connectivity index (χ4n) is 0. The van der Waals surface area contributed by atoms with E-state index in [2.05, 4.69) is 4.85 Å². The van der Waals surface area contributed by atoms with E-state index in [0.29, 0.717) is 0 Å². The van der Waals surface area contributed by atoms with E-state index in [4.69, 9.17) is 18.2 Å². The average Bonchev–Trinajstić information content (AvgIpc) is 1.37. The molecule has 0 aliphatic heterocycles. The zero-order chi connectivity index (χ0) is 3.41. The molecule has 0 aliphatic rings. The molecule has 1 radical (unpaired) electrons. The van der Waals surface area contributed by atoms with Crippen molar-refractivity contribution in [1.29, 1.82) is 0 Å². The van der Waals surface area contributed by atoms with Gasteiger partial charge in [-0.1, -0.05) is 0 Å². The fraction of sp³-hybridized carbons (Fsp3) is 0.500.